The Kier molecular flexibility index (Phi) is 5.55. The first-order valence-corrected chi connectivity index (χ1v) is 7.35. The second-order valence-corrected chi connectivity index (χ2v) is 5.56. The molecule has 0 radical (unpaired) electrons. The maximum absolute atomic E-state index is 11.1. The van der Waals surface area contributed by atoms with Crippen LogP contribution in [0.4, 0.5) is 17.1 Å². The SMILES string of the molecule is O=[N+]([O-])c1ccc(NCC(O)c2c(Cl)cccc2Cl)c([N+](=O)[O-])c1. The maximum atomic E-state index is 11.1. The van der Waals surface area contributed by atoms with Crippen molar-refractivity contribution in [3.63, 3.8) is 0 Å². The molecular weight excluding hydrogens is 361 g/mol. The van der Waals surface area contributed by atoms with Crippen LogP contribution in [0.15, 0.2) is 36.4 Å². The van der Waals surface area contributed by atoms with E-state index in [2.05, 4.69) is 5.32 Å². The van der Waals surface area contributed by atoms with E-state index in [1.54, 1.807) is 18.2 Å². The molecule has 0 spiro atoms. The van der Waals surface area contributed by atoms with E-state index in [0.29, 0.717) is 0 Å². The summed E-state index contributed by atoms with van der Waals surface area (Å²) in [4.78, 5) is 20.3. The molecule has 1 unspecified atom stereocenters. The predicted octanol–water partition coefficient (Wildman–Crippen LogP) is 3.96. The standard InChI is InChI=1S/C14H11Cl2N3O5/c15-9-2-1-3-10(16)14(9)13(20)7-17-11-5-4-8(18(21)22)6-12(11)19(23)24/h1-6,13,17,20H,7H2. The van der Waals surface area contributed by atoms with Gasteiger partial charge in [-0.3, -0.25) is 20.2 Å². The van der Waals surface area contributed by atoms with E-state index >= 15 is 0 Å². The van der Waals surface area contributed by atoms with Crippen molar-refractivity contribution in [2.45, 2.75) is 6.10 Å². The van der Waals surface area contributed by atoms with E-state index in [4.69, 9.17) is 23.2 Å². The van der Waals surface area contributed by atoms with Crippen molar-refractivity contribution in [2.24, 2.45) is 0 Å². The van der Waals surface area contributed by atoms with E-state index in [-0.39, 0.29) is 27.8 Å². The van der Waals surface area contributed by atoms with E-state index < -0.39 is 27.3 Å². The molecule has 0 amide bonds. The number of nitrogens with zero attached hydrogens (tertiary/aromatic N) is 2. The fourth-order valence-corrected chi connectivity index (χ4v) is 2.72. The Hall–Kier alpha value is -2.42. The Morgan fingerprint density at radius 1 is 1.08 bits per heavy atom. The van der Waals surface area contributed by atoms with Gasteiger partial charge in [0.1, 0.15) is 5.69 Å². The Bertz CT molecular complexity index is 780. The largest absolute Gasteiger partial charge is 0.386 e. The van der Waals surface area contributed by atoms with Crippen LogP contribution in [0.25, 0.3) is 0 Å². The van der Waals surface area contributed by atoms with E-state index in [0.717, 1.165) is 12.1 Å². The minimum Gasteiger partial charge on any atom is -0.386 e. The highest BCUT2D eigenvalue weighted by Crippen LogP contribution is 2.32. The molecular formula is C14H11Cl2N3O5. The highest BCUT2D eigenvalue weighted by Gasteiger charge is 2.21. The lowest BCUT2D eigenvalue weighted by atomic mass is 10.1. The summed E-state index contributed by atoms with van der Waals surface area (Å²) in [6, 6.07) is 7.91. The molecule has 126 valence electrons. The van der Waals surface area contributed by atoms with Crippen LogP contribution in [0.5, 0.6) is 0 Å². The topological polar surface area (TPSA) is 119 Å². The third-order valence-corrected chi connectivity index (χ3v) is 3.87. The third-order valence-electron chi connectivity index (χ3n) is 3.21. The molecule has 1 atom stereocenters. The molecule has 0 aliphatic rings. The molecule has 2 aromatic rings. The summed E-state index contributed by atoms with van der Waals surface area (Å²) in [6.07, 6.45) is -1.12. The Balaban J connectivity index is 2.22. The molecule has 0 bridgehead atoms. The number of nitro groups is 2. The normalized spacial score (nSPS) is 11.8. The zero-order chi connectivity index (χ0) is 17.9. The van der Waals surface area contributed by atoms with E-state index in [1.807, 2.05) is 0 Å². The number of nitrogens with one attached hydrogen (secondary N) is 1. The second kappa shape index (κ2) is 7.43. The highest BCUT2D eigenvalue weighted by atomic mass is 35.5. The molecule has 0 fully saturated rings. The average molecular weight is 372 g/mol. The molecule has 0 heterocycles. The van der Waals surface area contributed by atoms with Gasteiger partial charge in [-0.15, -0.1) is 0 Å². The first-order chi connectivity index (χ1) is 11.3. The van der Waals surface area contributed by atoms with E-state index in [1.165, 1.54) is 6.07 Å². The van der Waals surface area contributed by atoms with Crippen molar-refractivity contribution >= 4 is 40.3 Å². The zero-order valence-electron chi connectivity index (χ0n) is 12.0. The van der Waals surface area contributed by atoms with Gasteiger partial charge in [0.2, 0.25) is 0 Å². The van der Waals surface area contributed by atoms with Gasteiger partial charge >= 0.3 is 0 Å². The molecule has 0 saturated carbocycles. The molecule has 0 aromatic heterocycles. The summed E-state index contributed by atoms with van der Waals surface area (Å²) in [6.45, 7) is -0.123. The van der Waals surface area contributed by atoms with Gasteiger partial charge in [0, 0.05) is 28.2 Å². The van der Waals surface area contributed by atoms with Crippen LogP contribution in [-0.4, -0.2) is 21.5 Å². The summed E-state index contributed by atoms with van der Waals surface area (Å²) >= 11 is 12.0. The minimum absolute atomic E-state index is 0.0350. The number of aliphatic hydroxyl groups excluding tert-OH is 1. The van der Waals surface area contributed by atoms with Gasteiger partial charge in [0.25, 0.3) is 11.4 Å². The molecule has 24 heavy (non-hydrogen) atoms. The lowest BCUT2D eigenvalue weighted by Crippen LogP contribution is -2.14. The van der Waals surface area contributed by atoms with Gasteiger partial charge < -0.3 is 10.4 Å². The molecule has 2 aromatic carbocycles. The highest BCUT2D eigenvalue weighted by molar-refractivity contribution is 6.36. The first-order valence-electron chi connectivity index (χ1n) is 6.60. The minimum atomic E-state index is -1.12. The van der Waals surface area contributed by atoms with Crippen molar-refractivity contribution in [1.82, 2.24) is 0 Å². The van der Waals surface area contributed by atoms with Crippen LogP contribution in [0, 0.1) is 20.2 Å². The van der Waals surface area contributed by atoms with Crippen LogP contribution in [0.2, 0.25) is 10.0 Å². The number of benzene rings is 2. The van der Waals surface area contributed by atoms with Gasteiger partial charge in [-0.25, -0.2) is 0 Å². The molecule has 2 rings (SSSR count). The lowest BCUT2D eigenvalue weighted by molar-refractivity contribution is -0.393. The van der Waals surface area contributed by atoms with Crippen LogP contribution in [-0.2, 0) is 0 Å². The van der Waals surface area contributed by atoms with Crippen LogP contribution >= 0.6 is 23.2 Å². The second-order valence-electron chi connectivity index (χ2n) is 4.75. The smallest absolute Gasteiger partial charge is 0.299 e. The number of nitro benzene ring substituents is 2. The van der Waals surface area contributed by atoms with Gasteiger partial charge in [0.05, 0.1) is 22.0 Å². The van der Waals surface area contributed by atoms with Gasteiger partial charge in [-0.05, 0) is 18.2 Å². The van der Waals surface area contributed by atoms with Crippen LogP contribution in [0.3, 0.4) is 0 Å². The predicted molar refractivity (Wildman–Crippen MR) is 89.7 cm³/mol. The number of aliphatic hydroxyl groups is 1. The number of rotatable bonds is 6. The van der Waals surface area contributed by atoms with Gasteiger partial charge in [0.15, 0.2) is 0 Å². The van der Waals surface area contributed by atoms with Gasteiger partial charge in [-0.1, -0.05) is 29.3 Å². The molecule has 0 aliphatic heterocycles. The van der Waals surface area contributed by atoms with Crippen molar-refractivity contribution in [3.05, 3.63) is 72.2 Å². The molecule has 10 heteroatoms. The Morgan fingerprint density at radius 2 is 1.71 bits per heavy atom. The number of hydrogen-bond acceptors (Lipinski definition) is 6. The number of hydrogen-bond donors (Lipinski definition) is 2. The van der Waals surface area contributed by atoms with Crippen molar-refractivity contribution in [1.29, 1.82) is 0 Å². The first kappa shape index (κ1) is 17.9. The third kappa shape index (κ3) is 3.91. The number of halogens is 2. The fourth-order valence-electron chi connectivity index (χ4n) is 2.07. The Labute approximate surface area is 145 Å². The number of anilines is 1. The summed E-state index contributed by atoms with van der Waals surface area (Å²) in [5, 5.41) is 35.2. The molecule has 2 N–H and O–H groups in total. The summed E-state index contributed by atoms with van der Waals surface area (Å²) < 4.78 is 0. The van der Waals surface area contributed by atoms with Crippen LogP contribution < -0.4 is 5.32 Å². The molecule has 8 nitrogen and oxygen atoms in total. The monoisotopic (exact) mass is 371 g/mol. The average Bonchev–Trinajstić information content (AvgIpc) is 2.52. The summed E-state index contributed by atoms with van der Waals surface area (Å²) in [5.41, 5.74) is -0.547. The summed E-state index contributed by atoms with van der Waals surface area (Å²) in [5.74, 6) is 0. The quantitative estimate of drug-likeness (QED) is 0.585. The van der Waals surface area contributed by atoms with Crippen molar-refractivity contribution in [3.8, 4) is 0 Å². The zero-order valence-corrected chi connectivity index (χ0v) is 13.5. The molecule has 0 aliphatic carbocycles. The van der Waals surface area contributed by atoms with Crippen molar-refractivity contribution in [2.75, 3.05) is 11.9 Å². The van der Waals surface area contributed by atoms with Crippen molar-refractivity contribution < 1.29 is 15.0 Å². The van der Waals surface area contributed by atoms with E-state index in [9.17, 15) is 25.3 Å². The molecule has 0 saturated heterocycles. The number of non-ortho nitro benzene ring substituents is 1. The summed E-state index contributed by atoms with van der Waals surface area (Å²) in [7, 11) is 0. The maximum Gasteiger partial charge on any atom is 0.299 e. The lowest BCUT2D eigenvalue weighted by Gasteiger charge is -2.16. The Morgan fingerprint density at radius 3 is 2.25 bits per heavy atom. The van der Waals surface area contributed by atoms with Crippen LogP contribution in [0.1, 0.15) is 11.7 Å². The van der Waals surface area contributed by atoms with Gasteiger partial charge in [-0.2, -0.15) is 0 Å². The fraction of sp³-hybridized carbons (Fsp3) is 0.143.